The van der Waals surface area contributed by atoms with Crippen LogP contribution in [0.3, 0.4) is 0 Å². The monoisotopic (exact) mass is 184 g/mol. The van der Waals surface area contributed by atoms with E-state index in [2.05, 4.69) is 11.1 Å². The van der Waals surface area contributed by atoms with Gasteiger partial charge in [0.15, 0.2) is 5.58 Å². The number of aromatic nitrogens is 1. The Hall–Kier alpha value is -1.82. The number of nitriles is 1. The highest BCUT2D eigenvalue weighted by molar-refractivity contribution is 5.82. The van der Waals surface area contributed by atoms with E-state index in [4.69, 9.17) is 9.68 Å². The quantitative estimate of drug-likeness (QED) is 0.683. The Kier molecular flexibility index (Phi) is 1.27. The van der Waals surface area contributed by atoms with Gasteiger partial charge in [0.05, 0.1) is 23.9 Å². The van der Waals surface area contributed by atoms with Crippen LogP contribution in [0.25, 0.3) is 11.0 Å². The highest BCUT2D eigenvalue weighted by atomic mass is 16.3. The number of nitrogens with zero attached hydrogens (tertiary/aromatic N) is 2. The second-order valence-corrected chi connectivity index (χ2v) is 3.72. The van der Waals surface area contributed by atoms with Crippen LogP contribution in [-0.4, -0.2) is 4.98 Å². The fourth-order valence-electron chi connectivity index (χ4n) is 1.82. The van der Waals surface area contributed by atoms with Gasteiger partial charge in [0.1, 0.15) is 0 Å². The normalized spacial score (nSPS) is 17.9. The molecule has 68 valence electrons. The van der Waals surface area contributed by atoms with Crippen LogP contribution in [-0.2, 0) is 5.41 Å². The predicted molar refractivity (Wildman–Crippen MR) is 50.5 cm³/mol. The molecule has 3 heteroatoms. The Balaban J connectivity index is 2.29. The molecule has 0 saturated heterocycles. The van der Waals surface area contributed by atoms with Crippen LogP contribution < -0.4 is 0 Å². The van der Waals surface area contributed by atoms with E-state index in [0.29, 0.717) is 0 Å². The van der Waals surface area contributed by atoms with Gasteiger partial charge in [-0.1, -0.05) is 0 Å². The summed E-state index contributed by atoms with van der Waals surface area (Å²) >= 11 is 0. The number of hydrogen-bond donors (Lipinski definition) is 0. The number of furan rings is 1. The van der Waals surface area contributed by atoms with E-state index >= 15 is 0 Å². The van der Waals surface area contributed by atoms with Gasteiger partial charge in [0.2, 0.25) is 0 Å². The molecule has 0 atom stereocenters. The third kappa shape index (κ3) is 0.828. The molecule has 0 bridgehead atoms. The van der Waals surface area contributed by atoms with E-state index in [1.165, 1.54) is 0 Å². The molecule has 2 heterocycles. The highest BCUT2D eigenvalue weighted by Crippen LogP contribution is 2.50. The Labute approximate surface area is 81.0 Å². The van der Waals surface area contributed by atoms with Crippen LogP contribution in [0.5, 0.6) is 0 Å². The standard InChI is InChI=1S/C11H8N2O/c12-7-11(2-3-11)9-6-14-10-5-13-4-1-8(9)10/h1,4-6H,2-3H2. The van der Waals surface area contributed by atoms with Crippen molar-refractivity contribution in [2.45, 2.75) is 18.3 Å². The molecule has 1 aliphatic rings. The van der Waals surface area contributed by atoms with E-state index in [1.54, 1.807) is 18.7 Å². The Morgan fingerprint density at radius 1 is 1.50 bits per heavy atom. The first kappa shape index (κ1) is 7.57. The molecular formula is C11H8N2O. The molecule has 0 spiro atoms. The second kappa shape index (κ2) is 2.36. The van der Waals surface area contributed by atoms with Crippen LogP contribution in [0.1, 0.15) is 18.4 Å². The van der Waals surface area contributed by atoms with E-state index in [1.807, 2.05) is 6.07 Å². The van der Waals surface area contributed by atoms with Crippen molar-refractivity contribution in [2.24, 2.45) is 0 Å². The topological polar surface area (TPSA) is 49.8 Å². The number of rotatable bonds is 1. The van der Waals surface area contributed by atoms with Crippen molar-refractivity contribution >= 4 is 11.0 Å². The van der Waals surface area contributed by atoms with Crippen molar-refractivity contribution in [3.63, 3.8) is 0 Å². The van der Waals surface area contributed by atoms with Crippen LogP contribution in [0.2, 0.25) is 0 Å². The summed E-state index contributed by atoms with van der Waals surface area (Å²) in [5.41, 5.74) is 1.52. The van der Waals surface area contributed by atoms with Crippen molar-refractivity contribution in [1.29, 1.82) is 5.26 Å². The van der Waals surface area contributed by atoms with Crippen LogP contribution >= 0.6 is 0 Å². The highest BCUT2D eigenvalue weighted by Gasteiger charge is 2.46. The maximum atomic E-state index is 9.08. The molecule has 3 rings (SSSR count). The average Bonchev–Trinajstić information content (AvgIpc) is 2.91. The molecule has 14 heavy (non-hydrogen) atoms. The Morgan fingerprint density at radius 3 is 3.07 bits per heavy atom. The molecule has 0 N–H and O–H groups in total. The van der Waals surface area contributed by atoms with Crippen molar-refractivity contribution in [2.75, 3.05) is 0 Å². The minimum atomic E-state index is -0.271. The van der Waals surface area contributed by atoms with E-state index < -0.39 is 0 Å². The van der Waals surface area contributed by atoms with Gasteiger partial charge in [-0.15, -0.1) is 0 Å². The molecule has 2 aromatic rings. The first-order valence-electron chi connectivity index (χ1n) is 4.59. The summed E-state index contributed by atoms with van der Waals surface area (Å²) in [6.45, 7) is 0. The van der Waals surface area contributed by atoms with Gasteiger partial charge in [-0.2, -0.15) is 5.26 Å². The molecule has 0 unspecified atom stereocenters. The zero-order chi connectivity index (χ0) is 9.60. The lowest BCUT2D eigenvalue weighted by molar-refractivity contribution is 0.605. The summed E-state index contributed by atoms with van der Waals surface area (Å²) in [6, 6.07) is 4.27. The lowest BCUT2D eigenvalue weighted by Gasteiger charge is -2.00. The maximum Gasteiger partial charge on any atom is 0.152 e. The van der Waals surface area contributed by atoms with Gasteiger partial charge in [0, 0.05) is 17.1 Å². The SMILES string of the molecule is N#CC1(c2coc3cnccc23)CC1. The Bertz CT molecular complexity index is 531. The van der Waals surface area contributed by atoms with E-state index in [9.17, 15) is 0 Å². The predicted octanol–water partition coefficient (Wildman–Crippen LogP) is 2.38. The van der Waals surface area contributed by atoms with Gasteiger partial charge in [-0.25, -0.2) is 0 Å². The van der Waals surface area contributed by atoms with Crippen molar-refractivity contribution in [1.82, 2.24) is 4.98 Å². The minimum absolute atomic E-state index is 0.271. The molecular weight excluding hydrogens is 176 g/mol. The van der Waals surface area contributed by atoms with Crippen molar-refractivity contribution in [3.05, 3.63) is 30.3 Å². The molecule has 0 aliphatic heterocycles. The van der Waals surface area contributed by atoms with Gasteiger partial charge >= 0.3 is 0 Å². The maximum absolute atomic E-state index is 9.08. The largest absolute Gasteiger partial charge is 0.462 e. The zero-order valence-electron chi connectivity index (χ0n) is 7.53. The fraction of sp³-hybridized carbons (Fsp3) is 0.273. The van der Waals surface area contributed by atoms with Crippen molar-refractivity contribution < 1.29 is 4.42 Å². The summed E-state index contributed by atoms with van der Waals surface area (Å²) in [6.07, 6.45) is 7.00. The lowest BCUT2D eigenvalue weighted by Crippen LogP contribution is -2.00. The summed E-state index contributed by atoms with van der Waals surface area (Å²) in [4.78, 5) is 3.98. The van der Waals surface area contributed by atoms with E-state index in [0.717, 1.165) is 29.4 Å². The molecule has 1 fully saturated rings. The Morgan fingerprint density at radius 2 is 2.36 bits per heavy atom. The number of pyridine rings is 1. The van der Waals surface area contributed by atoms with Crippen molar-refractivity contribution in [3.8, 4) is 6.07 Å². The summed E-state index contributed by atoms with van der Waals surface area (Å²) < 4.78 is 5.36. The van der Waals surface area contributed by atoms with Gasteiger partial charge in [-0.05, 0) is 18.9 Å². The summed E-state index contributed by atoms with van der Waals surface area (Å²) in [7, 11) is 0. The van der Waals surface area contributed by atoms with Crippen LogP contribution in [0.4, 0.5) is 0 Å². The molecule has 0 radical (unpaired) electrons. The first-order valence-corrected chi connectivity index (χ1v) is 4.59. The molecule has 2 aromatic heterocycles. The zero-order valence-corrected chi connectivity index (χ0v) is 7.53. The molecule has 3 nitrogen and oxygen atoms in total. The van der Waals surface area contributed by atoms with Crippen LogP contribution in [0.15, 0.2) is 29.1 Å². The molecule has 1 aliphatic carbocycles. The third-order valence-corrected chi connectivity index (χ3v) is 2.86. The lowest BCUT2D eigenvalue weighted by atomic mass is 9.98. The van der Waals surface area contributed by atoms with E-state index in [-0.39, 0.29) is 5.41 Å². The van der Waals surface area contributed by atoms with Crippen LogP contribution in [0, 0.1) is 11.3 Å². The molecule has 0 amide bonds. The molecule has 1 saturated carbocycles. The minimum Gasteiger partial charge on any atom is -0.462 e. The van der Waals surface area contributed by atoms with Gasteiger partial charge in [0.25, 0.3) is 0 Å². The third-order valence-electron chi connectivity index (χ3n) is 2.86. The van der Waals surface area contributed by atoms with Gasteiger partial charge in [-0.3, -0.25) is 4.98 Å². The smallest absolute Gasteiger partial charge is 0.152 e. The summed E-state index contributed by atoms with van der Waals surface area (Å²) in [5.74, 6) is 0. The first-order chi connectivity index (χ1) is 6.86. The fourth-order valence-corrected chi connectivity index (χ4v) is 1.82. The number of hydrogen-bond acceptors (Lipinski definition) is 3. The average molecular weight is 184 g/mol. The van der Waals surface area contributed by atoms with Gasteiger partial charge < -0.3 is 4.42 Å². The second-order valence-electron chi connectivity index (χ2n) is 3.72. The summed E-state index contributed by atoms with van der Waals surface area (Å²) in [5, 5.41) is 10.1. The number of fused-ring (bicyclic) bond motifs is 1. The molecule has 0 aromatic carbocycles.